The highest BCUT2D eigenvalue weighted by atomic mass is 35.5. The van der Waals surface area contributed by atoms with E-state index in [1.54, 1.807) is 6.20 Å². The second-order valence-electron chi connectivity index (χ2n) is 5.18. The lowest BCUT2D eigenvalue weighted by atomic mass is 10.3. The maximum atomic E-state index is 12.7. The first-order chi connectivity index (χ1) is 11.0. The minimum Gasteiger partial charge on any atom is -0.354 e. The lowest BCUT2D eigenvalue weighted by Crippen LogP contribution is -2.48. The summed E-state index contributed by atoms with van der Waals surface area (Å²) < 4.78 is 26.9. The Kier molecular flexibility index (Phi) is 4.77. The summed E-state index contributed by atoms with van der Waals surface area (Å²) in [5.74, 6) is 0.857. The third kappa shape index (κ3) is 3.61. The summed E-state index contributed by atoms with van der Waals surface area (Å²) in [6, 6.07) is 10.1. The second-order valence-corrected chi connectivity index (χ2v) is 8.00. The Hall–Kier alpha value is -1.34. The molecule has 122 valence electrons. The average molecular weight is 372 g/mol. The SMILES string of the molecule is O=S(=O)(c1cc(Cl)cc(Cl)c1)N1CCN(c2ccccn2)CC1. The van der Waals surface area contributed by atoms with Crippen molar-refractivity contribution in [3.63, 3.8) is 0 Å². The summed E-state index contributed by atoms with van der Waals surface area (Å²) in [7, 11) is -3.60. The molecule has 0 aliphatic carbocycles. The summed E-state index contributed by atoms with van der Waals surface area (Å²) in [5, 5.41) is 0.617. The monoisotopic (exact) mass is 371 g/mol. The van der Waals surface area contributed by atoms with Crippen LogP contribution in [-0.4, -0.2) is 43.9 Å². The van der Waals surface area contributed by atoms with Gasteiger partial charge < -0.3 is 4.90 Å². The Bertz CT molecular complexity index is 771. The molecule has 5 nitrogen and oxygen atoms in total. The van der Waals surface area contributed by atoms with Crippen LogP contribution >= 0.6 is 23.2 Å². The molecule has 2 heterocycles. The highest BCUT2D eigenvalue weighted by Gasteiger charge is 2.29. The van der Waals surface area contributed by atoms with Gasteiger partial charge >= 0.3 is 0 Å². The number of benzene rings is 1. The molecule has 1 aromatic carbocycles. The van der Waals surface area contributed by atoms with E-state index in [9.17, 15) is 8.42 Å². The summed E-state index contributed by atoms with van der Waals surface area (Å²) in [5.41, 5.74) is 0. The van der Waals surface area contributed by atoms with Crippen molar-refractivity contribution in [1.82, 2.24) is 9.29 Å². The van der Waals surface area contributed by atoms with Crippen LogP contribution in [0.4, 0.5) is 5.82 Å². The molecule has 1 saturated heterocycles. The zero-order valence-electron chi connectivity index (χ0n) is 12.2. The molecule has 0 saturated carbocycles. The van der Waals surface area contributed by atoms with Crippen molar-refractivity contribution in [2.45, 2.75) is 4.90 Å². The predicted octanol–water partition coefficient (Wildman–Crippen LogP) is 2.90. The van der Waals surface area contributed by atoms with Crippen LogP contribution in [0.3, 0.4) is 0 Å². The molecule has 2 aromatic rings. The molecule has 1 aliphatic heterocycles. The van der Waals surface area contributed by atoms with Gasteiger partial charge in [-0.2, -0.15) is 4.31 Å². The Morgan fingerprint density at radius 2 is 1.61 bits per heavy atom. The molecule has 0 radical (unpaired) electrons. The minimum absolute atomic E-state index is 0.126. The fraction of sp³-hybridized carbons (Fsp3) is 0.267. The zero-order valence-corrected chi connectivity index (χ0v) is 14.5. The van der Waals surface area contributed by atoms with E-state index in [4.69, 9.17) is 23.2 Å². The Labute approximate surface area is 145 Å². The van der Waals surface area contributed by atoms with Gasteiger partial charge in [0.2, 0.25) is 10.0 Å². The van der Waals surface area contributed by atoms with Crippen molar-refractivity contribution in [3.05, 3.63) is 52.6 Å². The molecule has 1 fully saturated rings. The van der Waals surface area contributed by atoms with Gasteiger partial charge in [-0.15, -0.1) is 0 Å². The predicted molar refractivity (Wildman–Crippen MR) is 91.7 cm³/mol. The van der Waals surface area contributed by atoms with Crippen LogP contribution < -0.4 is 4.90 Å². The molecule has 0 unspecified atom stereocenters. The Morgan fingerprint density at radius 1 is 0.957 bits per heavy atom. The molecular weight excluding hydrogens is 357 g/mol. The van der Waals surface area contributed by atoms with Crippen molar-refractivity contribution in [3.8, 4) is 0 Å². The van der Waals surface area contributed by atoms with E-state index < -0.39 is 10.0 Å². The largest absolute Gasteiger partial charge is 0.354 e. The number of piperazine rings is 1. The molecule has 0 N–H and O–H groups in total. The highest BCUT2D eigenvalue weighted by Crippen LogP contribution is 2.26. The Morgan fingerprint density at radius 3 is 2.17 bits per heavy atom. The molecule has 1 aliphatic rings. The number of sulfonamides is 1. The number of rotatable bonds is 3. The number of aromatic nitrogens is 1. The summed E-state index contributed by atoms with van der Waals surface area (Å²) in [4.78, 5) is 6.49. The topological polar surface area (TPSA) is 53.5 Å². The highest BCUT2D eigenvalue weighted by molar-refractivity contribution is 7.89. The van der Waals surface area contributed by atoms with Crippen LogP contribution in [-0.2, 0) is 10.0 Å². The van der Waals surface area contributed by atoms with E-state index in [-0.39, 0.29) is 4.90 Å². The van der Waals surface area contributed by atoms with E-state index in [1.165, 1.54) is 22.5 Å². The molecule has 3 rings (SSSR count). The van der Waals surface area contributed by atoms with E-state index in [0.717, 1.165) is 5.82 Å². The number of halogens is 2. The van der Waals surface area contributed by atoms with Gasteiger partial charge in [-0.05, 0) is 30.3 Å². The fourth-order valence-corrected chi connectivity index (χ4v) is 4.67. The van der Waals surface area contributed by atoms with Crippen molar-refractivity contribution in [2.75, 3.05) is 31.1 Å². The number of anilines is 1. The number of hydrogen-bond acceptors (Lipinski definition) is 4. The Balaban J connectivity index is 1.76. The summed E-state index contributed by atoms with van der Waals surface area (Å²) in [6.45, 7) is 1.96. The van der Waals surface area contributed by atoms with Gasteiger partial charge in [0.15, 0.2) is 0 Å². The third-order valence-corrected chi connectivity index (χ3v) is 6.00. The molecule has 0 amide bonds. The van der Waals surface area contributed by atoms with Gasteiger partial charge in [0.05, 0.1) is 4.90 Å². The van der Waals surface area contributed by atoms with Gasteiger partial charge in [0.25, 0.3) is 0 Å². The summed E-state index contributed by atoms with van der Waals surface area (Å²) in [6.07, 6.45) is 1.73. The van der Waals surface area contributed by atoms with Crippen LogP contribution in [0.15, 0.2) is 47.5 Å². The second kappa shape index (κ2) is 6.65. The number of nitrogens with zero attached hydrogens (tertiary/aromatic N) is 3. The lowest BCUT2D eigenvalue weighted by Gasteiger charge is -2.34. The molecule has 0 atom stereocenters. The quantitative estimate of drug-likeness (QED) is 0.832. The molecule has 0 bridgehead atoms. The number of pyridine rings is 1. The molecular formula is C15H15Cl2N3O2S. The first-order valence-electron chi connectivity index (χ1n) is 7.09. The minimum atomic E-state index is -3.60. The van der Waals surface area contributed by atoms with Gasteiger partial charge in [0.1, 0.15) is 5.82 Å². The average Bonchev–Trinajstić information content (AvgIpc) is 2.55. The lowest BCUT2D eigenvalue weighted by molar-refractivity contribution is 0.384. The van der Waals surface area contributed by atoms with E-state index in [1.807, 2.05) is 18.2 Å². The van der Waals surface area contributed by atoms with Crippen LogP contribution in [0.1, 0.15) is 0 Å². The van der Waals surface area contributed by atoms with Crippen LogP contribution in [0, 0.1) is 0 Å². The smallest absolute Gasteiger partial charge is 0.243 e. The van der Waals surface area contributed by atoms with Gasteiger partial charge in [-0.25, -0.2) is 13.4 Å². The van der Waals surface area contributed by atoms with Crippen LogP contribution in [0.25, 0.3) is 0 Å². The maximum absolute atomic E-state index is 12.7. The van der Waals surface area contributed by atoms with Crippen molar-refractivity contribution >= 4 is 39.0 Å². The molecule has 8 heteroatoms. The zero-order chi connectivity index (χ0) is 16.4. The first-order valence-corrected chi connectivity index (χ1v) is 9.29. The molecule has 23 heavy (non-hydrogen) atoms. The van der Waals surface area contributed by atoms with Gasteiger partial charge in [0, 0.05) is 42.4 Å². The van der Waals surface area contributed by atoms with Gasteiger partial charge in [-0.3, -0.25) is 0 Å². The van der Waals surface area contributed by atoms with E-state index >= 15 is 0 Å². The normalized spacial score (nSPS) is 16.5. The first kappa shape index (κ1) is 16.5. The van der Waals surface area contributed by atoms with Crippen LogP contribution in [0.2, 0.25) is 10.0 Å². The molecule has 0 spiro atoms. The van der Waals surface area contributed by atoms with Crippen molar-refractivity contribution in [1.29, 1.82) is 0 Å². The fourth-order valence-electron chi connectivity index (χ4n) is 2.52. The standard InChI is InChI=1S/C15H15Cl2N3O2S/c16-12-9-13(17)11-14(10-12)23(21,22)20-7-5-19(6-8-20)15-3-1-2-4-18-15/h1-4,9-11H,5-8H2. The maximum Gasteiger partial charge on any atom is 0.243 e. The van der Waals surface area contributed by atoms with Gasteiger partial charge in [-0.1, -0.05) is 29.3 Å². The summed E-state index contributed by atoms with van der Waals surface area (Å²) >= 11 is 11.8. The number of hydrogen-bond donors (Lipinski definition) is 0. The van der Waals surface area contributed by atoms with E-state index in [0.29, 0.717) is 36.2 Å². The van der Waals surface area contributed by atoms with E-state index in [2.05, 4.69) is 9.88 Å². The van der Waals surface area contributed by atoms with Crippen LogP contribution in [0.5, 0.6) is 0 Å². The van der Waals surface area contributed by atoms with Crippen molar-refractivity contribution in [2.24, 2.45) is 0 Å². The third-order valence-electron chi connectivity index (χ3n) is 3.69. The molecule has 1 aromatic heterocycles. The van der Waals surface area contributed by atoms with Crippen molar-refractivity contribution < 1.29 is 8.42 Å².